The van der Waals surface area contributed by atoms with Gasteiger partial charge in [0.2, 0.25) is 15.9 Å². The number of sulfonamides is 1. The van der Waals surface area contributed by atoms with Crippen molar-refractivity contribution in [3.63, 3.8) is 0 Å². The highest BCUT2D eigenvalue weighted by Gasteiger charge is 2.39. The fourth-order valence-electron chi connectivity index (χ4n) is 3.60. The normalized spacial score (nSPS) is 19.0. The first-order valence-electron chi connectivity index (χ1n) is 9.45. The molecule has 8 nitrogen and oxygen atoms in total. The molecule has 0 radical (unpaired) electrons. The van der Waals surface area contributed by atoms with Crippen LogP contribution in [0.1, 0.15) is 18.4 Å². The van der Waals surface area contributed by atoms with Crippen molar-refractivity contribution in [2.24, 2.45) is 0 Å². The lowest BCUT2D eigenvalue weighted by Gasteiger charge is -2.24. The van der Waals surface area contributed by atoms with Crippen LogP contribution in [0.2, 0.25) is 0 Å². The van der Waals surface area contributed by atoms with Gasteiger partial charge >= 0.3 is 0 Å². The number of rotatable bonds is 5. The van der Waals surface area contributed by atoms with Gasteiger partial charge in [-0.25, -0.2) is 8.42 Å². The van der Waals surface area contributed by atoms with Gasteiger partial charge in [0, 0.05) is 17.6 Å². The summed E-state index contributed by atoms with van der Waals surface area (Å²) in [7, 11) is -3.92. The molecule has 1 saturated heterocycles. The Morgan fingerprint density at radius 1 is 1.27 bits per heavy atom. The van der Waals surface area contributed by atoms with Gasteiger partial charge in [-0.3, -0.25) is 9.59 Å². The largest absolute Gasteiger partial charge is 0.482 e. The van der Waals surface area contributed by atoms with Crippen molar-refractivity contribution in [2.75, 3.05) is 18.5 Å². The Balaban J connectivity index is 1.51. The number of anilines is 1. The van der Waals surface area contributed by atoms with Crippen LogP contribution >= 0.6 is 15.9 Å². The van der Waals surface area contributed by atoms with Crippen molar-refractivity contribution in [3.8, 4) is 5.75 Å². The summed E-state index contributed by atoms with van der Waals surface area (Å²) in [5, 5.41) is 5.44. The summed E-state index contributed by atoms with van der Waals surface area (Å²) in [5.41, 5.74) is 1.22. The smallest absolute Gasteiger partial charge is 0.262 e. The summed E-state index contributed by atoms with van der Waals surface area (Å²) in [6.07, 6.45) is 1.05. The van der Waals surface area contributed by atoms with Gasteiger partial charge in [0.25, 0.3) is 5.91 Å². The number of amides is 2. The van der Waals surface area contributed by atoms with Crippen molar-refractivity contribution in [2.45, 2.75) is 30.3 Å². The van der Waals surface area contributed by atoms with Gasteiger partial charge in [-0.05, 0) is 48.7 Å². The maximum atomic E-state index is 13.2. The highest BCUT2D eigenvalue weighted by Crippen LogP contribution is 2.33. The highest BCUT2D eigenvalue weighted by molar-refractivity contribution is 9.10. The molecule has 158 valence electrons. The maximum absolute atomic E-state index is 13.2. The molecule has 2 aromatic rings. The van der Waals surface area contributed by atoms with Crippen LogP contribution in [-0.4, -0.2) is 43.7 Å². The molecule has 2 amide bonds. The Morgan fingerprint density at radius 2 is 2.10 bits per heavy atom. The molecular formula is C20H20BrN3O5S. The third kappa shape index (κ3) is 4.21. The molecule has 2 aliphatic rings. The molecular weight excluding hydrogens is 474 g/mol. The fourth-order valence-corrected chi connectivity index (χ4v) is 5.73. The van der Waals surface area contributed by atoms with Crippen molar-refractivity contribution in [1.82, 2.24) is 9.62 Å². The maximum Gasteiger partial charge on any atom is 0.262 e. The van der Waals surface area contributed by atoms with Gasteiger partial charge in [0.1, 0.15) is 11.8 Å². The highest BCUT2D eigenvalue weighted by atomic mass is 79.9. The van der Waals surface area contributed by atoms with Gasteiger partial charge in [-0.15, -0.1) is 0 Å². The lowest BCUT2D eigenvalue weighted by molar-refractivity contribution is -0.124. The molecule has 0 bridgehead atoms. The van der Waals surface area contributed by atoms with E-state index in [9.17, 15) is 18.0 Å². The van der Waals surface area contributed by atoms with Crippen molar-refractivity contribution < 1.29 is 22.7 Å². The van der Waals surface area contributed by atoms with Crippen molar-refractivity contribution >= 4 is 43.5 Å². The Labute approximate surface area is 182 Å². The summed E-state index contributed by atoms with van der Waals surface area (Å²) >= 11 is 3.39. The summed E-state index contributed by atoms with van der Waals surface area (Å²) in [4.78, 5) is 24.3. The SMILES string of the molecule is O=C1COc2ccc(S(=O)(=O)N3CCCC3C(=O)NCc3cccc(Br)c3)cc2N1. The van der Waals surface area contributed by atoms with Gasteiger partial charge in [0.05, 0.1) is 10.6 Å². The first-order valence-corrected chi connectivity index (χ1v) is 11.7. The van der Waals surface area contributed by atoms with E-state index in [0.29, 0.717) is 30.8 Å². The zero-order chi connectivity index (χ0) is 21.3. The first kappa shape index (κ1) is 20.8. The third-order valence-electron chi connectivity index (χ3n) is 5.05. The second-order valence-electron chi connectivity index (χ2n) is 7.12. The Hall–Kier alpha value is -2.43. The molecule has 10 heteroatoms. The van der Waals surface area contributed by atoms with E-state index in [4.69, 9.17) is 4.74 Å². The van der Waals surface area contributed by atoms with E-state index in [1.807, 2.05) is 24.3 Å². The molecule has 0 aliphatic carbocycles. The summed E-state index contributed by atoms with van der Waals surface area (Å²) in [6, 6.07) is 11.1. The van der Waals surface area contributed by atoms with E-state index in [0.717, 1.165) is 10.0 Å². The van der Waals surface area contributed by atoms with Crippen LogP contribution in [0, 0.1) is 0 Å². The molecule has 30 heavy (non-hydrogen) atoms. The quantitative estimate of drug-likeness (QED) is 0.664. The van der Waals surface area contributed by atoms with E-state index >= 15 is 0 Å². The van der Waals surface area contributed by atoms with Gasteiger partial charge in [0.15, 0.2) is 6.61 Å². The minimum absolute atomic E-state index is 0.0127. The minimum Gasteiger partial charge on any atom is -0.482 e. The predicted molar refractivity (Wildman–Crippen MR) is 113 cm³/mol. The topological polar surface area (TPSA) is 105 Å². The summed E-state index contributed by atoms with van der Waals surface area (Å²) in [5.74, 6) is -0.257. The zero-order valence-electron chi connectivity index (χ0n) is 15.9. The Kier molecular flexibility index (Phi) is 5.81. The average molecular weight is 494 g/mol. The van der Waals surface area contributed by atoms with Crippen LogP contribution in [0.15, 0.2) is 51.8 Å². The molecule has 0 aromatic heterocycles. The van der Waals surface area contributed by atoms with Crippen LogP contribution in [0.25, 0.3) is 0 Å². The fraction of sp³-hybridized carbons (Fsp3) is 0.300. The Bertz CT molecular complexity index is 1110. The molecule has 2 aliphatic heterocycles. The molecule has 0 spiro atoms. The number of carbonyl (C=O) groups excluding carboxylic acids is 2. The molecule has 2 aromatic carbocycles. The van der Waals surface area contributed by atoms with E-state index in [-0.39, 0.29) is 29.9 Å². The van der Waals surface area contributed by atoms with E-state index < -0.39 is 16.1 Å². The summed E-state index contributed by atoms with van der Waals surface area (Å²) < 4.78 is 33.9. The number of ether oxygens (including phenoxy) is 1. The summed E-state index contributed by atoms with van der Waals surface area (Å²) in [6.45, 7) is 0.466. The number of benzene rings is 2. The number of nitrogens with zero attached hydrogens (tertiary/aromatic N) is 1. The zero-order valence-corrected chi connectivity index (χ0v) is 18.3. The number of hydrogen-bond acceptors (Lipinski definition) is 5. The molecule has 1 unspecified atom stereocenters. The number of nitrogens with one attached hydrogen (secondary N) is 2. The monoisotopic (exact) mass is 493 g/mol. The second-order valence-corrected chi connectivity index (χ2v) is 9.92. The molecule has 0 saturated carbocycles. The van der Waals surface area contributed by atoms with Gasteiger partial charge in [-0.1, -0.05) is 28.1 Å². The standard InChI is InChI=1S/C20H20BrN3O5S/c21-14-4-1-3-13(9-14)11-22-20(26)17-5-2-8-24(17)30(27,28)15-6-7-18-16(10-15)23-19(25)12-29-18/h1,3-4,6-7,9-10,17H,2,5,8,11-12H2,(H,22,26)(H,23,25). The lowest BCUT2D eigenvalue weighted by Crippen LogP contribution is -2.45. The van der Waals surface area contributed by atoms with Crippen LogP contribution in [-0.2, 0) is 26.2 Å². The molecule has 1 atom stereocenters. The molecule has 4 rings (SSSR count). The number of fused-ring (bicyclic) bond motifs is 1. The minimum atomic E-state index is -3.92. The van der Waals surface area contributed by atoms with Crippen molar-refractivity contribution in [1.29, 1.82) is 0 Å². The second kappa shape index (κ2) is 8.37. The van der Waals surface area contributed by atoms with E-state index in [1.165, 1.54) is 22.5 Å². The average Bonchev–Trinajstić information content (AvgIpc) is 3.22. The lowest BCUT2D eigenvalue weighted by atomic mass is 10.2. The van der Waals surface area contributed by atoms with E-state index in [2.05, 4.69) is 26.6 Å². The molecule has 2 heterocycles. The molecule has 2 N–H and O–H groups in total. The number of hydrogen-bond donors (Lipinski definition) is 2. The predicted octanol–water partition coefficient (Wildman–Crippen LogP) is 2.25. The third-order valence-corrected chi connectivity index (χ3v) is 7.45. The van der Waals surface area contributed by atoms with Crippen LogP contribution < -0.4 is 15.4 Å². The van der Waals surface area contributed by atoms with Gasteiger partial charge < -0.3 is 15.4 Å². The van der Waals surface area contributed by atoms with Gasteiger partial charge in [-0.2, -0.15) is 4.31 Å². The Morgan fingerprint density at radius 3 is 2.90 bits per heavy atom. The first-order chi connectivity index (χ1) is 14.3. The van der Waals surface area contributed by atoms with E-state index in [1.54, 1.807) is 0 Å². The van der Waals surface area contributed by atoms with Crippen LogP contribution in [0.4, 0.5) is 5.69 Å². The number of halogens is 1. The van der Waals surface area contributed by atoms with Crippen molar-refractivity contribution in [3.05, 3.63) is 52.5 Å². The number of carbonyl (C=O) groups is 2. The van der Waals surface area contributed by atoms with Crippen LogP contribution in [0.5, 0.6) is 5.75 Å². The van der Waals surface area contributed by atoms with Crippen LogP contribution in [0.3, 0.4) is 0 Å². The molecule has 1 fully saturated rings.